The van der Waals surface area contributed by atoms with Crippen LogP contribution in [0.25, 0.3) is 11.1 Å². The number of hydrogen-bond donors (Lipinski definition) is 1. The van der Waals surface area contributed by atoms with Gasteiger partial charge in [0.05, 0.1) is 5.92 Å². The van der Waals surface area contributed by atoms with Gasteiger partial charge in [0.15, 0.2) is 11.5 Å². The first-order valence-electron chi connectivity index (χ1n) is 8.48. The van der Waals surface area contributed by atoms with Gasteiger partial charge in [-0.1, -0.05) is 12.1 Å². The Labute approximate surface area is 141 Å². The smallest absolute Gasteiger partial charge is 0.222 e. The minimum atomic E-state index is -0.314. The zero-order chi connectivity index (χ0) is 17.1. The summed E-state index contributed by atoms with van der Waals surface area (Å²) in [6, 6.07) is 7.79. The summed E-state index contributed by atoms with van der Waals surface area (Å²) in [5, 5.41) is 0. The van der Waals surface area contributed by atoms with Crippen molar-refractivity contribution in [2.24, 2.45) is 11.7 Å². The van der Waals surface area contributed by atoms with Crippen molar-refractivity contribution in [1.29, 1.82) is 0 Å². The summed E-state index contributed by atoms with van der Waals surface area (Å²) in [6.45, 7) is 2.47. The van der Waals surface area contributed by atoms with Crippen LogP contribution in [0.4, 0.5) is 0 Å². The number of fused-ring (bicyclic) bond motifs is 1. The Balaban J connectivity index is 1.53. The van der Waals surface area contributed by atoms with E-state index in [0.29, 0.717) is 31.7 Å². The fraction of sp³-hybridized carbons (Fsp3) is 0.500. The van der Waals surface area contributed by atoms with E-state index in [1.807, 2.05) is 31.2 Å². The molecule has 0 saturated carbocycles. The van der Waals surface area contributed by atoms with Crippen molar-refractivity contribution >= 4 is 22.9 Å². The first-order chi connectivity index (χ1) is 11.5. The maximum absolute atomic E-state index is 12.5. The Hall–Kier alpha value is -2.37. The molecule has 2 atom stereocenters. The molecule has 0 spiro atoms. The summed E-state index contributed by atoms with van der Waals surface area (Å²) in [6.07, 6.45) is 3.32. The lowest BCUT2D eigenvalue weighted by atomic mass is 9.92. The lowest BCUT2D eigenvalue weighted by Crippen LogP contribution is -2.48. The number of rotatable bonds is 5. The molecule has 128 valence electrons. The van der Waals surface area contributed by atoms with Crippen molar-refractivity contribution < 1.29 is 14.0 Å². The molecule has 0 unspecified atom stereocenters. The molecule has 0 radical (unpaired) electrons. The normalized spacial score (nSPS) is 21.1. The number of piperidine rings is 1. The molecule has 1 saturated heterocycles. The maximum atomic E-state index is 12.5. The molecule has 6 heteroatoms. The van der Waals surface area contributed by atoms with Crippen LogP contribution < -0.4 is 5.73 Å². The second-order valence-electron chi connectivity index (χ2n) is 6.50. The Morgan fingerprint density at radius 2 is 2.12 bits per heavy atom. The molecule has 3 rings (SSSR count). The second-order valence-corrected chi connectivity index (χ2v) is 6.50. The van der Waals surface area contributed by atoms with Crippen LogP contribution >= 0.6 is 0 Å². The number of aromatic nitrogens is 1. The van der Waals surface area contributed by atoms with Crippen molar-refractivity contribution in [3.05, 3.63) is 30.2 Å². The van der Waals surface area contributed by atoms with E-state index in [2.05, 4.69) is 4.98 Å². The van der Waals surface area contributed by atoms with Gasteiger partial charge in [0.25, 0.3) is 0 Å². The van der Waals surface area contributed by atoms with E-state index in [-0.39, 0.29) is 23.8 Å². The number of likely N-dealkylation sites (tertiary alicyclic amines) is 1. The predicted octanol–water partition coefficient (Wildman–Crippen LogP) is 2.26. The fourth-order valence-corrected chi connectivity index (χ4v) is 3.25. The van der Waals surface area contributed by atoms with Gasteiger partial charge in [-0.3, -0.25) is 9.59 Å². The molecule has 6 nitrogen and oxygen atoms in total. The maximum Gasteiger partial charge on any atom is 0.222 e. The first kappa shape index (κ1) is 16.5. The van der Waals surface area contributed by atoms with E-state index >= 15 is 0 Å². The minimum Gasteiger partial charge on any atom is -0.441 e. The largest absolute Gasteiger partial charge is 0.441 e. The van der Waals surface area contributed by atoms with Gasteiger partial charge in [0.2, 0.25) is 11.8 Å². The van der Waals surface area contributed by atoms with Gasteiger partial charge >= 0.3 is 0 Å². The van der Waals surface area contributed by atoms with Crippen LogP contribution in [0, 0.1) is 5.92 Å². The highest BCUT2D eigenvalue weighted by molar-refractivity contribution is 5.80. The van der Waals surface area contributed by atoms with Crippen molar-refractivity contribution in [3.8, 4) is 0 Å². The van der Waals surface area contributed by atoms with Crippen LogP contribution in [-0.4, -0.2) is 34.3 Å². The number of nitrogens with two attached hydrogens (primary N) is 1. The summed E-state index contributed by atoms with van der Waals surface area (Å²) in [7, 11) is 0. The summed E-state index contributed by atoms with van der Waals surface area (Å²) in [4.78, 5) is 30.1. The summed E-state index contributed by atoms with van der Waals surface area (Å²) >= 11 is 0. The van der Waals surface area contributed by atoms with Crippen LogP contribution in [0.5, 0.6) is 0 Å². The third-order valence-electron chi connectivity index (χ3n) is 4.72. The Kier molecular flexibility index (Phi) is 4.83. The van der Waals surface area contributed by atoms with E-state index in [4.69, 9.17) is 10.2 Å². The van der Waals surface area contributed by atoms with Crippen molar-refractivity contribution in [3.63, 3.8) is 0 Å². The van der Waals surface area contributed by atoms with Crippen LogP contribution in [0.3, 0.4) is 0 Å². The summed E-state index contributed by atoms with van der Waals surface area (Å²) in [5.41, 5.74) is 7.00. The molecule has 2 heterocycles. The topological polar surface area (TPSA) is 89.4 Å². The molecule has 2 aromatic rings. The third kappa shape index (κ3) is 3.58. The number of oxazole rings is 1. The highest BCUT2D eigenvalue weighted by Crippen LogP contribution is 2.23. The monoisotopic (exact) mass is 329 g/mol. The Bertz CT molecular complexity index is 707. The standard InChI is InChI=1S/C18H23N3O3/c1-12-9-10-13(18(19)23)11-21(12)17(22)8-4-7-16-20-14-5-2-3-6-15(14)24-16/h2-3,5-6,12-13H,4,7-11H2,1H3,(H2,19,23)/t12-,13-/m1/s1. The number of aryl methyl sites for hydroxylation is 1. The van der Waals surface area contributed by atoms with Crippen molar-refractivity contribution in [2.75, 3.05) is 6.54 Å². The Morgan fingerprint density at radius 1 is 1.33 bits per heavy atom. The van der Waals surface area contributed by atoms with Crippen molar-refractivity contribution in [1.82, 2.24) is 9.88 Å². The van der Waals surface area contributed by atoms with Gasteiger partial charge in [0.1, 0.15) is 5.52 Å². The number of carbonyl (C=O) groups is 2. The summed E-state index contributed by atoms with van der Waals surface area (Å²) in [5.74, 6) is 0.198. The molecule has 1 aromatic carbocycles. The highest BCUT2D eigenvalue weighted by atomic mass is 16.3. The van der Waals surface area contributed by atoms with Gasteiger partial charge in [-0.05, 0) is 38.3 Å². The van der Waals surface area contributed by atoms with Crippen LogP contribution in [0.1, 0.15) is 38.5 Å². The number of amides is 2. The lowest BCUT2D eigenvalue weighted by molar-refractivity contribution is -0.137. The van der Waals surface area contributed by atoms with Gasteiger partial charge in [0, 0.05) is 25.4 Å². The van der Waals surface area contributed by atoms with Crippen LogP contribution in [-0.2, 0) is 16.0 Å². The number of hydrogen-bond acceptors (Lipinski definition) is 4. The first-order valence-corrected chi connectivity index (χ1v) is 8.48. The number of carbonyl (C=O) groups excluding carboxylic acids is 2. The summed E-state index contributed by atoms with van der Waals surface area (Å²) < 4.78 is 5.67. The molecule has 1 aliphatic heterocycles. The predicted molar refractivity (Wildman–Crippen MR) is 90.0 cm³/mol. The van der Waals surface area contributed by atoms with Crippen LogP contribution in [0.15, 0.2) is 28.7 Å². The molecular formula is C18H23N3O3. The van der Waals surface area contributed by atoms with Crippen molar-refractivity contribution in [2.45, 2.75) is 45.1 Å². The molecule has 1 fully saturated rings. The number of primary amides is 1. The number of para-hydroxylation sites is 2. The van der Waals surface area contributed by atoms with Gasteiger partial charge in [-0.2, -0.15) is 0 Å². The van der Waals surface area contributed by atoms with Gasteiger partial charge in [-0.25, -0.2) is 4.98 Å². The zero-order valence-electron chi connectivity index (χ0n) is 13.9. The fourth-order valence-electron chi connectivity index (χ4n) is 3.25. The molecule has 2 amide bonds. The molecular weight excluding hydrogens is 306 g/mol. The molecule has 1 aliphatic rings. The molecule has 2 N–H and O–H groups in total. The van der Waals surface area contributed by atoms with Gasteiger partial charge in [-0.15, -0.1) is 0 Å². The second kappa shape index (κ2) is 7.03. The van der Waals surface area contributed by atoms with E-state index in [1.165, 1.54) is 0 Å². The Morgan fingerprint density at radius 3 is 2.88 bits per heavy atom. The minimum absolute atomic E-state index is 0.0737. The van der Waals surface area contributed by atoms with Gasteiger partial charge < -0.3 is 15.1 Å². The highest BCUT2D eigenvalue weighted by Gasteiger charge is 2.31. The lowest BCUT2D eigenvalue weighted by Gasteiger charge is -2.37. The molecule has 24 heavy (non-hydrogen) atoms. The van der Waals surface area contributed by atoms with E-state index in [9.17, 15) is 9.59 Å². The van der Waals surface area contributed by atoms with E-state index < -0.39 is 0 Å². The van der Waals surface area contributed by atoms with E-state index in [0.717, 1.165) is 23.9 Å². The van der Waals surface area contributed by atoms with E-state index in [1.54, 1.807) is 4.90 Å². The number of nitrogens with zero attached hydrogens (tertiary/aromatic N) is 2. The number of benzene rings is 1. The third-order valence-corrected chi connectivity index (χ3v) is 4.72. The molecule has 0 bridgehead atoms. The van der Waals surface area contributed by atoms with Crippen LogP contribution in [0.2, 0.25) is 0 Å². The average molecular weight is 329 g/mol. The average Bonchev–Trinajstić information content (AvgIpc) is 2.97. The molecule has 0 aliphatic carbocycles. The SMILES string of the molecule is C[C@@H]1CC[C@@H](C(N)=O)CN1C(=O)CCCc1nc2ccccc2o1. The molecule has 1 aromatic heterocycles. The zero-order valence-corrected chi connectivity index (χ0v) is 13.9. The quantitative estimate of drug-likeness (QED) is 0.911.